The van der Waals surface area contributed by atoms with Crippen molar-refractivity contribution in [2.24, 2.45) is 0 Å². The summed E-state index contributed by atoms with van der Waals surface area (Å²) >= 11 is 3.39. The van der Waals surface area contributed by atoms with E-state index in [-0.39, 0.29) is 0 Å². The van der Waals surface area contributed by atoms with Crippen LogP contribution in [0.5, 0.6) is 0 Å². The maximum absolute atomic E-state index is 4.53. The summed E-state index contributed by atoms with van der Waals surface area (Å²) in [5.74, 6) is 0. The maximum Gasteiger partial charge on any atom is 0.0925 e. The molecule has 86 valence electrons. The molecule has 0 fully saturated rings. The van der Waals surface area contributed by atoms with Crippen LogP contribution >= 0.6 is 22.7 Å². The highest BCUT2D eigenvalue weighted by molar-refractivity contribution is 7.09. The topological polar surface area (TPSA) is 37.8 Å². The first-order chi connectivity index (χ1) is 7.88. The molecule has 0 spiro atoms. The van der Waals surface area contributed by atoms with Crippen molar-refractivity contribution in [3.05, 3.63) is 32.7 Å². The quantitative estimate of drug-likeness (QED) is 0.804. The molecular weight excluding hydrogens is 238 g/mol. The maximum atomic E-state index is 4.53. The summed E-state index contributed by atoms with van der Waals surface area (Å²) in [6.45, 7) is 3.96. The zero-order valence-corrected chi connectivity index (χ0v) is 10.9. The fourth-order valence-electron chi connectivity index (χ4n) is 1.38. The van der Waals surface area contributed by atoms with Crippen LogP contribution in [0.15, 0.2) is 16.3 Å². The van der Waals surface area contributed by atoms with Crippen LogP contribution in [-0.4, -0.2) is 16.5 Å². The van der Waals surface area contributed by atoms with Crippen LogP contribution in [0.1, 0.15) is 23.3 Å². The van der Waals surface area contributed by atoms with E-state index in [4.69, 9.17) is 0 Å². The molecule has 0 bridgehead atoms. The Kier molecular flexibility index (Phi) is 4.44. The van der Waals surface area contributed by atoms with Crippen LogP contribution in [0.2, 0.25) is 0 Å². The van der Waals surface area contributed by atoms with Gasteiger partial charge in [0.2, 0.25) is 0 Å². The molecule has 2 aromatic rings. The Labute approximate surface area is 104 Å². The van der Waals surface area contributed by atoms with Gasteiger partial charge in [0.25, 0.3) is 0 Å². The number of nitrogens with one attached hydrogen (secondary N) is 1. The molecule has 0 radical (unpaired) electrons. The van der Waals surface area contributed by atoms with E-state index in [1.807, 2.05) is 5.51 Å². The summed E-state index contributed by atoms with van der Waals surface area (Å²) in [6.07, 6.45) is 2.04. The number of aryl methyl sites for hydroxylation is 1. The first-order valence-corrected chi connectivity index (χ1v) is 7.21. The first kappa shape index (κ1) is 11.7. The van der Waals surface area contributed by atoms with E-state index in [1.54, 1.807) is 22.7 Å². The number of hydrogen-bond acceptors (Lipinski definition) is 5. The van der Waals surface area contributed by atoms with E-state index in [0.29, 0.717) is 0 Å². The third kappa shape index (κ3) is 3.37. The minimum atomic E-state index is 0.855. The number of rotatable bonds is 6. The highest BCUT2D eigenvalue weighted by Crippen LogP contribution is 2.10. The Morgan fingerprint density at radius 3 is 2.94 bits per heavy atom. The van der Waals surface area contributed by atoms with Gasteiger partial charge in [-0.2, -0.15) is 0 Å². The van der Waals surface area contributed by atoms with E-state index >= 15 is 0 Å². The summed E-state index contributed by atoms with van der Waals surface area (Å²) in [5, 5.41) is 8.83. The summed E-state index contributed by atoms with van der Waals surface area (Å²) in [6, 6.07) is 0. The first-order valence-electron chi connectivity index (χ1n) is 5.39. The molecule has 2 aromatic heterocycles. The van der Waals surface area contributed by atoms with Crippen molar-refractivity contribution in [1.29, 1.82) is 0 Å². The third-order valence-electron chi connectivity index (χ3n) is 2.25. The van der Waals surface area contributed by atoms with E-state index in [2.05, 4.69) is 33.0 Å². The number of thiazole rings is 2. The molecule has 3 nitrogen and oxygen atoms in total. The van der Waals surface area contributed by atoms with Crippen molar-refractivity contribution >= 4 is 22.7 Å². The fourth-order valence-corrected chi connectivity index (χ4v) is 2.72. The lowest BCUT2D eigenvalue weighted by Crippen LogP contribution is -2.16. The van der Waals surface area contributed by atoms with Crippen LogP contribution in [0, 0.1) is 0 Å². The second-order valence-corrected chi connectivity index (χ2v) is 5.15. The molecule has 0 aliphatic heterocycles. The normalized spacial score (nSPS) is 10.8. The lowest BCUT2D eigenvalue weighted by Gasteiger charge is -2.00. The smallest absolute Gasteiger partial charge is 0.0925 e. The van der Waals surface area contributed by atoms with Gasteiger partial charge >= 0.3 is 0 Å². The molecular formula is C11H15N3S2. The number of hydrogen-bond donors (Lipinski definition) is 1. The minimum absolute atomic E-state index is 0.855. The van der Waals surface area contributed by atoms with Crippen molar-refractivity contribution in [2.45, 2.75) is 26.3 Å². The molecule has 5 heteroatoms. The third-order valence-corrected chi connectivity index (χ3v) is 3.93. The predicted molar refractivity (Wildman–Crippen MR) is 69.0 cm³/mol. The van der Waals surface area contributed by atoms with Gasteiger partial charge in [0.1, 0.15) is 0 Å². The van der Waals surface area contributed by atoms with Gasteiger partial charge in [-0.1, -0.05) is 6.92 Å². The monoisotopic (exact) mass is 253 g/mol. The van der Waals surface area contributed by atoms with Gasteiger partial charge in [-0.15, -0.1) is 22.7 Å². The molecule has 0 saturated heterocycles. The fraction of sp³-hybridized carbons (Fsp3) is 0.455. The zero-order valence-electron chi connectivity index (χ0n) is 9.27. The van der Waals surface area contributed by atoms with Crippen molar-refractivity contribution < 1.29 is 0 Å². The largest absolute Gasteiger partial charge is 0.311 e. The van der Waals surface area contributed by atoms with E-state index in [1.165, 1.54) is 10.7 Å². The summed E-state index contributed by atoms with van der Waals surface area (Å²) in [5.41, 5.74) is 4.19. The molecule has 2 heterocycles. The Morgan fingerprint density at radius 2 is 2.25 bits per heavy atom. The molecule has 16 heavy (non-hydrogen) atoms. The molecule has 0 aromatic carbocycles. The molecule has 0 aliphatic rings. The van der Waals surface area contributed by atoms with Gasteiger partial charge in [-0.3, -0.25) is 0 Å². The number of nitrogens with zero attached hydrogens (tertiary/aromatic N) is 2. The Bertz CT molecular complexity index is 409. The second-order valence-electron chi connectivity index (χ2n) is 3.49. The van der Waals surface area contributed by atoms with Gasteiger partial charge in [0.05, 0.1) is 21.9 Å². The Morgan fingerprint density at radius 1 is 1.31 bits per heavy atom. The van der Waals surface area contributed by atoms with E-state index < -0.39 is 0 Å². The van der Waals surface area contributed by atoms with Crippen LogP contribution < -0.4 is 5.32 Å². The van der Waals surface area contributed by atoms with E-state index in [9.17, 15) is 0 Å². The Balaban J connectivity index is 1.68. The van der Waals surface area contributed by atoms with Crippen molar-refractivity contribution in [3.63, 3.8) is 0 Å². The van der Waals surface area contributed by atoms with Gasteiger partial charge < -0.3 is 5.32 Å². The lowest BCUT2D eigenvalue weighted by atomic mass is 10.3. The molecule has 0 unspecified atom stereocenters. The van der Waals surface area contributed by atoms with Crippen LogP contribution in [0.4, 0.5) is 0 Å². The summed E-state index contributed by atoms with van der Waals surface area (Å²) in [4.78, 5) is 8.75. The summed E-state index contributed by atoms with van der Waals surface area (Å²) < 4.78 is 0. The highest BCUT2D eigenvalue weighted by atomic mass is 32.1. The standard InChI is InChI=1S/C11H15N3S2/c1-2-11-14-9(7-16-11)3-4-12-5-10-6-15-8-13-10/h6-8,12H,2-5H2,1H3. The Hall–Kier alpha value is -0.780. The van der Waals surface area contributed by atoms with Gasteiger partial charge in [-0.25, -0.2) is 9.97 Å². The van der Waals surface area contributed by atoms with Crippen molar-refractivity contribution in [3.8, 4) is 0 Å². The average Bonchev–Trinajstić information content (AvgIpc) is 2.95. The van der Waals surface area contributed by atoms with Gasteiger partial charge in [0, 0.05) is 30.3 Å². The predicted octanol–water partition coefficient (Wildman–Crippen LogP) is 2.49. The molecule has 1 N–H and O–H groups in total. The van der Waals surface area contributed by atoms with Gasteiger partial charge in [0.15, 0.2) is 0 Å². The highest BCUT2D eigenvalue weighted by Gasteiger charge is 2.00. The molecule has 0 aliphatic carbocycles. The lowest BCUT2D eigenvalue weighted by molar-refractivity contribution is 0.671. The van der Waals surface area contributed by atoms with Crippen LogP contribution in [-0.2, 0) is 19.4 Å². The zero-order chi connectivity index (χ0) is 11.2. The van der Waals surface area contributed by atoms with Crippen LogP contribution in [0.25, 0.3) is 0 Å². The average molecular weight is 253 g/mol. The molecule has 0 amide bonds. The molecule has 2 rings (SSSR count). The van der Waals surface area contributed by atoms with E-state index in [0.717, 1.165) is 31.6 Å². The summed E-state index contributed by atoms with van der Waals surface area (Å²) in [7, 11) is 0. The minimum Gasteiger partial charge on any atom is -0.311 e. The van der Waals surface area contributed by atoms with Crippen molar-refractivity contribution in [2.75, 3.05) is 6.54 Å². The molecule has 0 atom stereocenters. The van der Waals surface area contributed by atoms with Crippen LogP contribution in [0.3, 0.4) is 0 Å². The second kappa shape index (κ2) is 6.08. The van der Waals surface area contributed by atoms with Gasteiger partial charge in [-0.05, 0) is 6.42 Å². The SMILES string of the molecule is CCc1nc(CCNCc2cscn2)cs1. The molecule has 0 saturated carbocycles. The number of aromatic nitrogens is 2. The van der Waals surface area contributed by atoms with Crippen molar-refractivity contribution in [1.82, 2.24) is 15.3 Å².